The molecule has 5 rings (SSSR count). The van der Waals surface area contributed by atoms with Crippen molar-refractivity contribution in [2.24, 2.45) is 5.92 Å². The number of aromatic nitrogens is 5. The molecular weight excluding hydrogens is 358 g/mol. The number of nitrogens with zero attached hydrogens (tertiary/aromatic N) is 6. The molecule has 3 aromatic rings. The number of carbonyl (C=O) groups is 1. The maximum Gasteiger partial charge on any atom is 0.289 e. The molecule has 0 saturated carbocycles. The van der Waals surface area contributed by atoms with Gasteiger partial charge in [-0.25, -0.2) is 0 Å². The first-order chi connectivity index (χ1) is 13.7. The summed E-state index contributed by atoms with van der Waals surface area (Å²) in [6.45, 7) is 4.76. The van der Waals surface area contributed by atoms with E-state index >= 15 is 0 Å². The molecule has 2 aliphatic heterocycles. The normalized spacial score (nSPS) is 20.7. The van der Waals surface area contributed by atoms with Crippen molar-refractivity contribution in [2.75, 3.05) is 18.0 Å². The molecule has 1 saturated heterocycles. The van der Waals surface area contributed by atoms with Crippen LogP contribution in [0.4, 0.5) is 5.82 Å². The van der Waals surface area contributed by atoms with E-state index in [1.54, 1.807) is 12.3 Å². The molecular formula is C19H21N7O2. The fraction of sp³-hybridized carbons (Fsp3) is 0.421. The number of nitrogens with one attached hydrogen (secondary N) is 1. The average molecular weight is 379 g/mol. The summed E-state index contributed by atoms with van der Waals surface area (Å²) in [7, 11) is 0. The van der Waals surface area contributed by atoms with Gasteiger partial charge in [-0.15, -0.1) is 15.3 Å². The number of aryl methyl sites for hydroxylation is 1. The molecule has 0 radical (unpaired) electrons. The number of hydrogen-bond acceptors (Lipinski definition) is 7. The number of carbonyl (C=O) groups excluding carboxylic acids is 1. The lowest BCUT2D eigenvalue weighted by Gasteiger charge is -2.24. The van der Waals surface area contributed by atoms with Crippen molar-refractivity contribution < 1.29 is 9.21 Å². The minimum absolute atomic E-state index is 0.229. The molecule has 1 N–H and O–H groups in total. The summed E-state index contributed by atoms with van der Waals surface area (Å²) in [5.74, 6) is 3.36. The van der Waals surface area contributed by atoms with E-state index in [2.05, 4.69) is 30.6 Å². The number of amides is 1. The topological polar surface area (TPSA) is 102 Å². The maximum absolute atomic E-state index is 12.6. The largest absolute Gasteiger partial charge is 0.467 e. The van der Waals surface area contributed by atoms with Crippen LogP contribution in [0.25, 0.3) is 0 Å². The summed E-state index contributed by atoms with van der Waals surface area (Å²) >= 11 is 0. The van der Waals surface area contributed by atoms with Crippen LogP contribution in [0.5, 0.6) is 0 Å². The molecule has 3 aromatic heterocycles. The van der Waals surface area contributed by atoms with Crippen LogP contribution in [0.3, 0.4) is 0 Å². The molecule has 0 bridgehead atoms. The summed E-state index contributed by atoms with van der Waals surface area (Å²) in [4.78, 5) is 14.8. The van der Waals surface area contributed by atoms with Gasteiger partial charge in [0.2, 0.25) is 5.82 Å². The Hall–Kier alpha value is -3.23. The second kappa shape index (κ2) is 6.74. The molecule has 2 atom stereocenters. The van der Waals surface area contributed by atoms with E-state index in [0.717, 1.165) is 43.4 Å². The van der Waals surface area contributed by atoms with Gasteiger partial charge >= 0.3 is 0 Å². The number of hydrogen-bond donors (Lipinski definition) is 1. The highest BCUT2D eigenvalue weighted by atomic mass is 16.3. The zero-order valence-corrected chi connectivity index (χ0v) is 15.6. The third-order valence-corrected chi connectivity index (χ3v) is 5.59. The number of anilines is 1. The van der Waals surface area contributed by atoms with Gasteiger partial charge < -0.3 is 19.2 Å². The molecule has 9 nitrogen and oxygen atoms in total. The van der Waals surface area contributed by atoms with Gasteiger partial charge in [0, 0.05) is 25.6 Å². The van der Waals surface area contributed by atoms with Gasteiger partial charge in [0.1, 0.15) is 11.6 Å². The van der Waals surface area contributed by atoms with Crippen molar-refractivity contribution >= 4 is 11.7 Å². The molecule has 144 valence electrons. The van der Waals surface area contributed by atoms with Gasteiger partial charge in [0.15, 0.2) is 5.82 Å². The van der Waals surface area contributed by atoms with Crippen LogP contribution in [0.2, 0.25) is 0 Å². The van der Waals surface area contributed by atoms with Crippen molar-refractivity contribution in [2.45, 2.75) is 32.4 Å². The van der Waals surface area contributed by atoms with Gasteiger partial charge in [-0.1, -0.05) is 0 Å². The van der Waals surface area contributed by atoms with Crippen LogP contribution >= 0.6 is 0 Å². The second-order valence-corrected chi connectivity index (χ2v) is 7.39. The monoisotopic (exact) mass is 379 g/mol. The standard InChI is InChI=1S/C19H21N7O2/c1-12-4-5-16(22-21-12)25-10-13-6-7-26-17(15(13)11-25)23-24-18(26)19(27)20-9-14-3-2-8-28-14/h2-5,8,13,15H,6-7,9-11H2,1H3,(H,20,27)/t13-,15+/m0/s1. The summed E-state index contributed by atoms with van der Waals surface area (Å²) < 4.78 is 7.22. The van der Waals surface area contributed by atoms with Crippen molar-refractivity contribution in [3.63, 3.8) is 0 Å². The predicted molar refractivity (Wildman–Crippen MR) is 99.7 cm³/mol. The lowest BCUT2D eigenvalue weighted by Crippen LogP contribution is -2.30. The minimum atomic E-state index is -0.229. The molecule has 0 unspecified atom stereocenters. The molecule has 2 aliphatic rings. The van der Waals surface area contributed by atoms with Crippen molar-refractivity contribution in [3.8, 4) is 0 Å². The van der Waals surface area contributed by atoms with E-state index in [-0.39, 0.29) is 11.8 Å². The first-order valence-electron chi connectivity index (χ1n) is 9.48. The van der Waals surface area contributed by atoms with E-state index < -0.39 is 0 Å². The summed E-state index contributed by atoms with van der Waals surface area (Å²) in [6.07, 6.45) is 2.58. The molecule has 0 aliphatic carbocycles. The minimum Gasteiger partial charge on any atom is -0.467 e. The Labute approximate surface area is 161 Å². The lowest BCUT2D eigenvalue weighted by atomic mass is 9.89. The Balaban J connectivity index is 1.33. The quantitative estimate of drug-likeness (QED) is 0.733. The third-order valence-electron chi connectivity index (χ3n) is 5.59. The fourth-order valence-electron chi connectivity index (χ4n) is 4.14. The first-order valence-corrected chi connectivity index (χ1v) is 9.48. The number of furan rings is 1. The van der Waals surface area contributed by atoms with Crippen LogP contribution in [0.15, 0.2) is 34.9 Å². The highest BCUT2D eigenvalue weighted by Gasteiger charge is 2.41. The SMILES string of the molecule is Cc1ccc(N2C[C@@H]3CCn4c(C(=O)NCc5ccco5)nnc4[C@@H]3C2)nn1. The van der Waals surface area contributed by atoms with E-state index in [9.17, 15) is 4.79 Å². The number of fused-ring (bicyclic) bond motifs is 3. The Bertz CT molecular complexity index is 980. The zero-order chi connectivity index (χ0) is 19.1. The molecule has 0 aromatic carbocycles. The summed E-state index contributed by atoms with van der Waals surface area (Å²) in [5, 5.41) is 19.9. The Morgan fingerprint density at radius 1 is 1.21 bits per heavy atom. The van der Waals surface area contributed by atoms with E-state index in [1.165, 1.54) is 0 Å². The zero-order valence-electron chi connectivity index (χ0n) is 15.6. The van der Waals surface area contributed by atoms with E-state index in [4.69, 9.17) is 4.42 Å². The highest BCUT2D eigenvalue weighted by Crippen LogP contribution is 2.39. The fourth-order valence-corrected chi connectivity index (χ4v) is 4.14. The van der Waals surface area contributed by atoms with E-state index in [0.29, 0.717) is 24.0 Å². The van der Waals surface area contributed by atoms with E-state index in [1.807, 2.05) is 29.7 Å². The summed E-state index contributed by atoms with van der Waals surface area (Å²) in [6, 6.07) is 7.61. The van der Waals surface area contributed by atoms with Gasteiger partial charge in [-0.2, -0.15) is 5.10 Å². The van der Waals surface area contributed by atoms with Gasteiger partial charge in [-0.05, 0) is 43.5 Å². The van der Waals surface area contributed by atoms with Crippen LogP contribution in [0, 0.1) is 12.8 Å². The number of rotatable bonds is 4. The highest BCUT2D eigenvalue weighted by molar-refractivity contribution is 5.90. The third kappa shape index (κ3) is 2.92. The molecule has 28 heavy (non-hydrogen) atoms. The molecule has 1 fully saturated rings. The second-order valence-electron chi connectivity index (χ2n) is 7.39. The average Bonchev–Trinajstić information content (AvgIpc) is 3.44. The molecule has 9 heteroatoms. The van der Waals surface area contributed by atoms with Gasteiger partial charge in [0.25, 0.3) is 5.91 Å². The van der Waals surface area contributed by atoms with Crippen molar-refractivity contribution in [3.05, 3.63) is 53.6 Å². The van der Waals surface area contributed by atoms with Crippen LogP contribution in [0.1, 0.15) is 40.2 Å². The Morgan fingerprint density at radius 3 is 2.93 bits per heavy atom. The maximum atomic E-state index is 12.6. The van der Waals surface area contributed by atoms with Crippen LogP contribution in [-0.4, -0.2) is 44.0 Å². The Morgan fingerprint density at radius 2 is 2.14 bits per heavy atom. The smallest absolute Gasteiger partial charge is 0.289 e. The lowest BCUT2D eigenvalue weighted by molar-refractivity contribution is 0.0931. The van der Waals surface area contributed by atoms with Gasteiger partial charge in [-0.3, -0.25) is 4.79 Å². The van der Waals surface area contributed by atoms with Crippen LogP contribution in [-0.2, 0) is 13.1 Å². The summed E-state index contributed by atoms with van der Waals surface area (Å²) in [5.41, 5.74) is 0.908. The molecule has 1 amide bonds. The molecule has 5 heterocycles. The van der Waals surface area contributed by atoms with Crippen LogP contribution < -0.4 is 10.2 Å². The van der Waals surface area contributed by atoms with Crippen molar-refractivity contribution in [1.82, 2.24) is 30.3 Å². The predicted octanol–water partition coefficient (Wildman–Crippen LogP) is 1.52. The van der Waals surface area contributed by atoms with Gasteiger partial charge in [0.05, 0.1) is 18.5 Å². The Kier molecular flexibility index (Phi) is 4.07. The first kappa shape index (κ1) is 16.9. The van der Waals surface area contributed by atoms with Crippen molar-refractivity contribution in [1.29, 1.82) is 0 Å². The molecule has 0 spiro atoms.